The molecule has 1 aliphatic heterocycles. The van der Waals surface area contributed by atoms with Crippen LogP contribution in [0.5, 0.6) is 0 Å². The smallest absolute Gasteiger partial charge is 0.389 e. The first-order valence-electron chi connectivity index (χ1n) is 8.37. The molecule has 0 spiro atoms. The Kier molecular flexibility index (Phi) is 5.46. The summed E-state index contributed by atoms with van der Waals surface area (Å²) in [5, 5.41) is 16.3. The van der Waals surface area contributed by atoms with E-state index in [1.165, 1.54) is 0 Å². The van der Waals surface area contributed by atoms with Crippen molar-refractivity contribution in [2.24, 2.45) is 0 Å². The molecule has 0 unspecified atom stereocenters. The molecule has 2 aromatic rings. The zero-order chi connectivity index (χ0) is 19.7. The van der Waals surface area contributed by atoms with Crippen LogP contribution in [0, 0.1) is 0 Å². The Morgan fingerprint density at radius 1 is 1.22 bits per heavy atom. The van der Waals surface area contributed by atoms with Gasteiger partial charge in [0.2, 0.25) is 0 Å². The van der Waals surface area contributed by atoms with E-state index < -0.39 is 29.3 Å². The van der Waals surface area contributed by atoms with Crippen molar-refractivity contribution < 1.29 is 23.1 Å². The van der Waals surface area contributed by atoms with Crippen molar-refractivity contribution >= 4 is 17.5 Å². The number of aliphatic hydroxyl groups is 1. The van der Waals surface area contributed by atoms with Crippen LogP contribution in [0.25, 0.3) is 0 Å². The van der Waals surface area contributed by atoms with Crippen molar-refractivity contribution in [1.82, 2.24) is 10.6 Å². The maximum Gasteiger partial charge on any atom is 0.416 e. The number of hydrogen-bond donors (Lipinski definition) is 3. The van der Waals surface area contributed by atoms with E-state index >= 15 is 0 Å². The molecule has 0 bridgehead atoms. The van der Waals surface area contributed by atoms with E-state index in [1.807, 2.05) is 0 Å². The van der Waals surface area contributed by atoms with Crippen molar-refractivity contribution in [1.29, 1.82) is 0 Å². The molecule has 3 N–H and O–H groups in total. The molecule has 0 aromatic heterocycles. The molecule has 1 amide bonds. The van der Waals surface area contributed by atoms with Crippen LogP contribution in [-0.2, 0) is 11.7 Å². The summed E-state index contributed by atoms with van der Waals surface area (Å²) in [7, 11) is 0. The van der Waals surface area contributed by atoms with E-state index in [9.17, 15) is 23.1 Å². The number of amides is 1. The topological polar surface area (TPSA) is 61.4 Å². The summed E-state index contributed by atoms with van der Waals surface area (Å²) in [6, 6.07) is 11.5. The van der Waals surface area contributed by atoms with Gasteiger partial charge in [-0.3, -0.25) is 4.79 Å². The Labute approximate surface area is 159 Å². The van der Waals surface area contributed by atoms with Gasteiger partial charge in [0.05, 0.1) is 27.8 Å². The highest BCUT2D eigenvalue weighted by Gasteiger charge is 2.43. The third kappa shape index (κ3) is 3.95. The predicted molar refractivity (Wildman–Crippen MR) is 95.5 cm³/mol. The third-order valence-electron chi connectivity index (χ3n) is 4.77. The molecule has 2 aromatic carbocycles. The Morgan fingerprint density at radius 2 is 1.93 bits per heavy atom. The molecule has 2 atom stereocenters. The number of alkyl halides is 3. The molecule has 1 fully saturated rings. The van der Waals surface area contributed by atoms with Gasteiger partial charge in [0.25, 0.3) is 5.91 Å². The molecule has 1 heterocycles. The average Bonchev–Trinajstić information content (AvgIpc) is 2.63. The number of nitrogens with one attached hydrogen (secondary N) is 2. The van der Waals surface area contributed by atoms with Gasteiger partial charge >= 0.3 is 6.18 Å². The van der Waals surface area contributed by atoms with Gasteiger partial charge in [-0.05, 0) is 36.7 Å². The maximum absolute atomic E-state index is 13.0. The summed E-state index contributed by atoms with van der Waals surface area (Å²) in [4.78, 5) is 12.8. The van der Waals surface area contributed by atoms with Crippen LogP contribution in [0.4, 0.5) is 13.2 Å². The molecule has 0 saturated carbocycles. The highest BCUT2D eigenvalue weighted by Crippen LogP contribution is 2.34. The van der Waals surface area contributed by atoms with Gasteiger partial charge in [-0.2, -0.15) is 13.2 Å². The third-order valence-corrected chi connectivity index (χ3v) is 5.10. The number of benzene rings is 2. The fourth-order valence-electron chi connectivity index (χ4n) is 3.30. The van der Waals surface area contributed by atoms with Gasteiger partial charge in [0.15, 0.2) is 0 Å². The lowest BCUT2D eigenvalue weighted by Gasteiger charge is -2.43. The quantitative estimate of drug-likeness (QED) is 0.743. The number of aliphatic hydroxyl groups excluding tert-OH is 1. The second kappa shape index (κ2) is 7.50. The second-order valence-corrected chi connectivity index (χ2v) is 6.86. The molecule has 1 aliphatic rings. The van der Waals surface area contributed by atoms with Crippen LogP contribution in [-0.4, -0.2) is 30.2 Å². The summed E-state index contributed by atoms with van der Waals surface area (Å²) in [5.74, 6) is -0.768. The van der Waals surface area contributed by atoms with Crippen molar-refractivity contribution in [3.8, 4) is 0 Å². The van der Waals surface area contributed by atoms with Crippen LogP contribution >= 0.6 is 11.6 Å². The SMILES string of the molecule is O=C(N[C@]1(c2ccccc2)CCNC[C@H]1O)c1cc(C(F)(F)F)ccc1Cl. The second-order valence-electron chi connectivity index (χ2n) is 6.45. The molecule has 27 heavy (non-hydrogen) atoms. The van der Waals surface area contributed by atoms with Gasteiger partial charge in [0.1, 0.15) is 0 Å². The lowest BCUT2D eigenvalue weighted by Crippen LogP contribution is -2.61. The van der Waals surface area contributed by atoms with E-state index in [1.54, 1.807) is 30.3 Å². The molecule has 0 aliphatic carbocycles. The van der Waals surface area contributed by atoms with Crippen molar-refractivity contribution in [3.05, 3.63) is 70.2 Å². The number of carbonyl (C=O) groups is 1. The normalized spacial score (nSPS) is 23.1. The van der Waals surface area contributed by atoms with Crippen LogP contribution in [0.1, 0.15) is 27.9 Å². The average molecular weight is 399 g/mol. The Bertz CT molecular complexity index is 829. The van der Waals surface area contributed by atoms with Gasteiger partial charge in [-0.25, -0.2) is 0 Å². The number of β-amino-alcohol motifs (C(OH)–C–C–N with tert-alkyl or cyclic N) is 1. The van der Waals surface area contributed by atoms with Crippen molar-refractivity contribution in [3.63, 3.8) is 0 Å². The molecule has 4 nitrogen and oxygen atoms in total. The van der Waals surface area contributed by atoms with E-state index in [0.29, 0.717) is 18.5 Å². The van der Waals surface area contributed by atoms with Crippen LogP contribution < -0.4 is 10.6 Å². The van der Waals surface area contributed by atoms with Gasteiger partial charge < -0.3 is 15.7 Å². The molecule has 0 radical (unpaired) electrons. The van der Waals surface area contributed by atoms with E-state index in [0.717, 1.165) is 18.2 Å². The highest BCUT2D eigenvalue weighted by atomic mass is 35.5. The molecular formula is C19H18ClF3N2O2. The summed E-state index contributed by atoms with van der Waals surface area (Å²) in [5.41, 5.74) is -1.69. The zero-order valence-corrected chi connectivity index (χ0v) is 14.9. The monoisotopic (exact) mass is 398 g/mol. The van der Waals surface area contributed by atoms with E-state index in [4.69, 9.17) is 11.6 Å². The highest BCUT2D eigenvalue weighted by molar-refractivity contribution is 6.33. The largest absolute Gasteiger partial charge is 0.416 e. The van der Waals surface area contributed by atoms with Gasteiger partial charge in [0, 0.05) is 6.54 Å². The minimum absolute atomic E-state index is 0.0906. The summed E-state index contributed by atoms with van der Waals surface area (Å²) in [6.07, 6.45) is -5.17. The lowest BCUT2D eigenvalue weighted by atomic mass is 9.79. The molecule has 3 rings (SSSR count). The summed E-state index contributed by atoms with van der Waals surface area (Å²) < 4.78 is 39.0. The number of carbonyl (C=O) groups excluding carboxylic acids is 1. The van der Waals surface area contributed by atoms with Crippen molar-refractivity contribution in [2.75, 3.05) is 13.1 Å². The number of piperidine rings is 1. The lowest BCUT2D eigenvalue weighted by molar-refractivity contribution is -0.137. The van der Waals surface area contributed by atoms with Crippen LogP contribution in [0.2, 0.25) is 5.02 Å². The molecular weight excluding hydrogens is 381 g/mol. The van der Waals surface area contributed by atoms with E-state index in [-0.39, 0.29) is 17.1 Å². The Hall–Kier alpha value is -2.09. The molecule has 1 saturated heterocycles. The molecule has 144 valence electrons. The van der Waals surface area contributed by atoms with Gasteiger partial charge in [-0.15, -0.1) is 0 Å². The minimum Gasteiger partial charge on any atom is -0.389 e. The minimum atomic E-state index is -4.59. The number of rotatable bonds is 3. The first kappa shape index (κ1) is 19.7. The Balaban J connectivity index is 1.99. The Morgan fingerprint density at radius 3 is 2.56 bits per heavy atom. The first-order valence-corrected chi connectivity index (χ1v) is 8.75. The number of halogens is 4. The van der Waals surface area contributed by atoms with Crippen LogP contribution in [0.3, 0.4) is 0 Å². The van der Waals surface area contributed by atoms with E-state index in [2.05, 4.69) is 10.6 Å². The zero-order valence-electron chi connectivity index (χ0n) is 14.2. The maximum atomic E-state index is 13.0. The fraction of sp³-hybridized carbons (Fsp3) is 0.316. The first-order chi connectivity index (χ1) is 12.7. The summed E-state index contributed by atoms with van der Waals surface area (Å²) >= 11 is 5.98. The van der Waals surface area contributed by atoms with Crippen LogP contribution in [0.15, 0.2) is 48.5 Å². The van der Waals surface area contributed by atoms with Crippen molar-refractivity contribution in [2.45, 2.75) is 24.2 Å². The summed E-state index contributed by atoms with van der Waals surface area (Å²) in [6.45, 7) is 0.772. The molecule has 8 heteroatoms. The number of hydrogen-bond acceptors (Lipinski definition) is 3. The predicted octanol–water partition coefficient (Wildman–Crippen LogP) is 3.34. The fourth-order valence-corrected chi connectivity index (χ4v) is 3.50. The standard InChI is InChI=1S/C19H18ClF3N2O2/c20-15-7-6-13(19(21,22)23)10-14(15)17(27)25-18(8-9-24-11-16(18)26)12-4-2-1-3-5-12/h1-7,10,16,24,26H,8-9,11H2,(H,25,27)/t16-,18+/m1/s1. The van der Waals surface area contributed by atoms with Gasteiger partial charge in [-0.1, -0.05) is 41.9 Å².